The summed E-state index contributed by atoms with van der Waals surface area (Å²) in [4.78, 5) is 14.6. The maximum atomic E-state index is 10.8. The lowest BCUT2D eigenvalue weighted by Gasteiger charge is -2.05. The number of carbonyl (C=O) groups is 1. The van der Waals surface area contributed by atoms with Crippen LogP contribution >= 0.6 is 11.6 Å². The second-order valence-corrected chi connectivity index (χ2v) is 3.88. The molecule has 0 saturated heterocycles. The third kappa shape index (κ3) is 2.04. The molecule has 1 heterocycles. The molecule has 1 aromatic carbocycles. The van der Waals surface area contributed by atoms with Gasteiger partial charge < -0.3 is 5.11 Å². The Morgan fingerprint density at radius 2 is 2.28 bits per heavy atom. The van der Waals surface area contributed by atoms with Gasteiger partial charge in [0, 0.05) is 0 Å². The molecule has 0 radical (unpaired) electrons. The Bertz CT molecular complexity index is 672. The van der Waals surface area contributed by atoms with Crippen molar-refractivity contribution >= 4 is 17.6 Å². The van der Waals surface area contributed by atoms with Gasteiger partial charge in [0.25, 0.3) is 5.82 Å². The molecule has 0 unspecified atom stereocenters. The molecule has 0 bridgehead atoms. The number of nitriles is 1. The quantitative estimate of drug-likeness (QED) is 0.891. The van der Waals surface area contributed by atoms with Crippen molar-refractivity contribution < 1.29 is 9.90 Å². The van der Waals surface area contributed by atoms with Crippen LogP contribution in [0.25, 0.3) is 5.69 Å². The van der Waals surface area contributed by atoms with E-state index in [2.05, 4.69) is 10.1 Å². The number of aromatic nitrogens is 3. The molecular weight excluding hydrogens is 256 g/mol. The molecule has 0 atom stereocenters. The second kappa shape index (κ2) is 4.47. The summed E-state index contributed by atoms with van der Waals surface area (Å²) >= 11 is 6.00. The summed E-state index contributed by atoms with van der Waals surface area (Å²) in [5.41, 5.74) is 0.828. The molecule has 1 N–H and O–H groups in total. The van der Waals surface area contributed by atoms with Crippen molar-refractivity contribution in [2.75, 3.05) is 0 Å². The smallest absolute Gasteiger partial charge is 0.375 e. The summed E-state index contributed by atoms with van der Waals surface area (Å²) in [5, 5.41) is 21.8. The molecule has 18 heavy (non-hydrogen) atoms. The van der Waals surface area contributed by atoms with Crippen molar-refractivity contribution in [1.29, 1.82) is 5.26 Å². The van der Waals surface area contributed by atoms with Gasteiger partial charge in [-0.3, -0.25) is 0 Å². The number of hydrogen-bond acceptors (Lipinski definition) is 4. The molecule has 7 heteroatoms. The highest BCUT2D eigenvalue weighted by Gasteiger charge is 2.15. The van der Waals surface area contributed by atoms with Crippen molar-refractivity contribution in [2.45, 2.75) is 6.92 Å². The van der Waals surface area contributed by atoms with Crippen molar-refractivity contribution in [3.63, 3.8) is 0 Å². The van der Waals surface area contributed by atoms with Gasteiger partial charge >= 0.3 is 5.97 Å². The van der Waals surface area contributed by atoms with E-state index in [1.165, 1.54) is 10.7 Å². The number of aryl methyl sites for hydroxylation is 1. The van der Waals surface area contributed by atoms with Crippen molar-refractivity contribution in [1.82, 2.24) is 14.8 Å². The molecule has 0 saturated carbocycles. The number of carboxylic acids is 1. The average Bonchev–Trinajstić information content (AvgIpc) is 2.72. The van der Waals surface area contributed by atoms with Crippen LogP contribution < -0.4 is 0 Å². The van der Waals surface area contributed by atoms with Crippen molar-refractivity contribution in [3.05, 3.63) is 40.4 Å². The van der Waals surface area contributed by atoms with E-state index in [9.17, 15) is 4.79 Å². The molecule has 1 aromatic heterocycles. The van der Waals surface area contributed by atoms with Crippen LogP contribution in [0.5, 0.6) is 0 Å². The minimum atomic E-state index is -1.22. The molecule has 0 aliphatic rings. The Morgan fingerprint density at radius 3 is 2.83 bits per heavy atom. The topological polar surface area (TPSA) is 91.8 Å². The number of rotatable bonds is 2. The standard InChI is InChI=1S/C11H7ClN4O2/c1-6-14-10(11(17)18)15-16(6)9-4-7(5-13)2-3-8(9)12/h2-4H,1H3,(H,17,18). The molecule has 0 fully saturated rings. The van der Waals surface area contributed by atoms with Gasteiger partial charge in [0.1, 0.15) is 5.82 Å². The van der Waals surface area contributed by atoms with Gasteiger partial charge in [0.15, 0.2) is 0 Å². The Hall–Kier alpha value is -2.39. The predicted molar refractivity (Wildman–Crippen MR) is 62.8 cm³/mol. The first-order valence-electron chi connectivity index (χ1n) is 4.90. The first kappa shape index (κ1) is 12.1. The third-order valence-electron chi connectivity index (χ3n) is 2.26. The van der Waals surface area contributed by atoms with E-state index in [4.69, 9.17) is 22.0 Å². The van der Waals surface area contributed by atoms with E-state index in [0.29, 0.717) is 22.1 Å². The van der Waals surface area contributed by atoms with Crippen LogP contribution in [0.2, 0.25) is 5.02 Å². The summed E-state index contributed by atoms with van der Waals surface area (Å²) in [6, 6.07) is 6.62. The van der Waals surface area contributed by atoms with Crippen LogP contribution in [-0.2, 0) is 0 Å². The molecule has 0 spiro atoms. The minimum absolute atomic E-state index is 0.314. The number of hydrogen-bond donors (Lipinski definition) is 1. The van der Waals surface area contributed by atoms with Crippen molar-refractivity contribution in [2.24, 2.45) is 0 Å². The zero-order chi connectivity index (χ0) is 13.3. The van der Waals surface area contributed by atoms with Crippen LogP contribution in [0.1, 0.15) is 22.0 Å². The van der Waals surface area contributed by atoms with E-state index in [-0.39, 0.29) is 5.82 Å². The van der Waals surface area contributed by atoms with Gasteiger partial charge in [0.2, 0.25) is 0 Å². The maximum Gasteiger partial charge on any atom is 0.375 e. The highest BCUT2D eigenvalue weighted by molar-refractivity contribution is 6.32. The minimum Gasteiger partial charge on any atom is -0.475 e. The Morgan fingerprint density at radius 1 is 1.56 bits per heavy atom. The fraction of sp³-hybridized carbons (Fsp3) is 0.0909. The lowest BCUT2D eigenvalue weighted by Crippen LogP contribution is -2.03. The van der Waals surface area contributed by atoms with Crippen LogP contribution in [0.4, 0.5) is 0 Å². The number of carboxylic acid groups (broad SMARTS) is 1. The molecule has 2 aromatic rings. The summed E-state index contributed by atoms with van der Waals surface area (Å²) < 4.78 is 1.30. The van der Waals surface area contributed by atoms with E-state index in [1.807, 2.05) is 6.07 Å². The number of aromatic carboxylic acids is 1. The summed E-state index contributed by atoms with van der Waals surface area (Å²) in [5.74, 6) is -1.15. The first-order chi connectivity index (χ1) is 8.52. The zero-order valence-corrected chi connectivity index (χ0v) is 10.0. The van der Waals surface area contributed by atoms with Gasteiger partial charge in [-0.25, -0.2) is 14.5 Å². The normalized spacial score (nSPS) is 10.1. The maximum absolute atomic E-state index is 10.8. The largest absolute Gasteiger partial charge is 0.475 e. The molecule has 0 amide bonds. The predicted octanol–water partition coefficient (Wildman–Crippen LogP) is 1.80. The number of benzene rings is 1. The molecule has 90 valence electrons. The number of nitrogens with zero attached hydrogens (tertiary/aromatic N) is 4. The Labute approximate surface area is 107 Å². The van der Waals surface area contributed by atoms with Crippen LogP contribution in [0, 0.1) is 18.3 Å². The fourth-order valence-corrected chi connectivity index (χ4v) is 1.65. The van der Waals surface area contributed by atoms with Crippen LogP contribution in [0.15, 0.2) is 18.2 Å². The molecule has 0 aliphatic heterocycles. The summed E-state index contributed by atoms with van der Waals surface area (Å²) in [6.45, 7) is 1.61. The summed E-state index contributed by atoms with van der Waals surface area (Å²) in [6.07, 6.45) is 0. The van der Waals surface area contributed by atoms with Gasteiger partial charge in [-0.2, -0.15) is 5.26 Å². The Kier molecular flexibility index (Phi) is 3.00. The Balaban J connectivity index is 2.62. The van der Waals surface area contributed by atoms with E-state index in [0.717, 1.165) is 0 Å². The van der Waals surface area contributed by atoms with E-state index >= 15 is 0 Å². The summed E-state index contributed by atoms with van der Waals surface area (Å²) in [7, 11) is 0. The monoisotopic (exact) mass is 262 g/mol. The molecular formula is C11H7ClN4O2. The van der Waals surface area contributed by atoms with Crippen LogP contribution in [-0.4, -0.2) is 25.8 Å². The molecule has 2 rings (SSSR count). The van der Waals surface area contributed by atoms with Crippen molar-refractivity contribution in [3.8, 4) is 11.8 Å². The van der Waals surface area contributed by atoms with Gasteiger partial charge in [-0.15, -0.1) is 5.10 Å². The second-order valence-electron chi connectivity index (χ2n) is 3.48. The fourth-order valence-electron chi connectivity index (χ4n) is 1.45. The van der Waals surface area contributed by atoms with Gasteiger partial charge in [-0.05, 0) is 25.1 Å². The average molecular weight is 263 g/mol. The lowest BCUT2D eigenvalue weighted by molar-refractivity contribution is 0.0683. The highest BCUT2D eigenvalue weighted by atomic mass is 35.5. The van der Waals surface area contributed by atoms with Gasteiger partial charge in [-0.1, -0.05) is 11.6 Å². The zero-order valence-electron chi connectivity index (χ0n) is 9.25. The molecule has 0 aliphatic carbocycles. The van der Waals surface area contributed by atoms with Crippen LogP contribution in [0.3, 0.4) is 0 Å². The number of halogens is 1. The SMILES string of the molecule is Cc1nc(C(=O)O)nn1-c1cc(C#N)ccc1Cl. The molecule has 6 nitrogen and oxygen atoms in total. The first-order valence-corrected chi connectivity index (χ1v) is 5.27. The third-order valence-corrected chi connectivity index (χ3v) is 2.58. The van der Waals surface area contributed by atoms with E-state index < -0.39 is 5.97 Å². The lowest BCUT2D eigenvalue weighted by atomic mass is 10.2. The highest BCUT2D eigenvalue weighted by Crippen LogP contribution is 2.22. The van der Waals surface area contributed by atoms with E-state index in [1.54, 1.807) is 19.1 Å². The van der Waals surface area contributed by atoms with Gasteiger partial charge in [0.05, 0.1) is 22.3 Å².